The number of halogens is 1. The first-order chi connectivity index (χ1) is 13.7. The van der Waals surface area contributed by atoms with Gasteiger partial charge in [-0.2, -0.15) is 0 Å². The molecule has 3 N–H and O–H groups in total. The Hall–Kier alpha value is -1.67. The average molecular weight is 507 g/mol. The Morgan fingerprint density at radius 3 is 2.45 bits per heavy atom. The van der Waals surface area contributed by atoms with Crippen molar-refractivity contribution in [2.45, 2.75) is 50.6 Å². The third-order valence-electron chi connectivity index (χ3n) is 5.60. The summed E-state index contributed by atoms with van der Waals surface area (Å²) in [6.07, 6.45) is 7.68. The van der Waals surface area contributed by atoms with Gasteiger partial charge >= 0.3 is 0 Å². The van der Waals surface area contributed by atoms with E-state index in [0.29, 0.717) is 6.04 Å². The van der Waals surface area contributed by atoms with Crippen molar-refractivity contribution in [2.24, 2.45) is 4.99 Å². The van der Waals surface area contributed by atoms with Crippen LogP contribution in [0.5, 0.6) is 0 Å². The summed E-state index contributed by atoms with van der Waals surface area (Å²) < 4.78 is 0. The number of guanidine groups is 1. The summed E-state index contributed by atoms with van der Waals surface area (Å²) in [5.41, 5.74) is 2.55. The van der Waals surface area contributed by atoms with Crippen LogP contribution in [-0.4, -0.2) is 36.6 Å². The van der Waals surface area contributed by atoms with Gasteiger partial charge in [0.2, 0.25) is 0 Å². The second-order valence-electron chi connectivity index (χ2n) is 7.69. The molecule has 0 bridgehead atoms. The Balaban J connectivity index is 0.00000300. The van der Waals surface area contributed by atoms with E-state index in [2.05, 4.69) is 69.2 Å². The highest BCUT2D eigenvalue weighted by Crippen LogP contribution is 2.31. The smallest absolute Gasteiger partial charge is 0.191 e. The zero-order valence-corrected chi connectivity index (χ0v) is 19.9. The Labute approximate surface area is 192 Å². The van der Waals surface area contributed by atoms with Gasteiger partial charge in [-0.25, -0.2) is 0 Å². The molecule has 1 aliphatic rings. The first-order valence-electron chi connectivity index (χ1n) is 10.4. The van der Waals surface area contributed by atoms with E-state index in [9.17, 15) is 0 Å². The summed E-state index contributed by atoms with van der Waals surface area (Å²) >= 11 is 0. The van der Waals surface area contributed by atoms with Crippen LogP contribution in [-0.2, 0) is 6.42 Å². The van der Waals surface area contributed by atoms with Gasteiger partial charge in [-0.05, 0) is 37.5 Å². The molecule has 1 fully saturated rings. The van der Waals surface area contributed by atoms with Gasteiger partial charge < -0.3 is 16.0 Å². The Kier molecular flexibility index (Phi) is 9.87. The molecule has 1 heterocycles. The summed E-state index contributed by atoms with van der Waals surface area (Å²) in [4.78, 5) is 8.77. The SMILES string of the molecule is CN=C(NCCc1ccccn1)NCC1(NC(C)c2ccccc2)CCCC1.I. The van der Waals surface area contributed by atoms with Crippen molar-refractivity contribution in [3.8, 4) is 0 Å². The van der Waals surface area contributed by atoms with Crippen LogP contribution in [0.25, 0.3) is 0 Å². The molecular formula is C23H34IN5. The van der Waals surface area contributed by atoms with Gasteiger partial charge in [0.25, 0.3) is 0 Å². The van der Waals surface area contributed by atoms with Crippen molar-refractivity contribution >= 4 is 29.9 Å². The number of pyridine rings is 1. The highest BCUT2D eigenvalue weighted by Gasteiger charge is 2.35. The second-order valence-corrected chi connectivity index (χ2v) is 7.69. The van der Waals surface area contributed by atoms with Crippen LogP contribution in [0.15, 0.2) is 59.7 Å². The average Bonchev–Trinajstić information content (AvgIpc) is 3.20. The van der Waals surface area contributed by atoms with Crippen LogP contribution in [0.3, 0.4) is 0 Å². The van der Waals surface area contributed by atoms with Crippen molar-refractivity contribution in [3.05, 3.63) is 66.0 Å². The van der Waals surface area contributed by atoms with Crippen molar-refractivity contribution in [1.82, 2.24) is 20.9 Å². The van der Waals surface area contributed by atoms with Crippen LogP contribution >= 0.6 is 24.0 Å². The lowest BCUT2D eigenvalue weighted by Crippen LogP contribution is -2.54. The fourth-order valence-electron chi connectivity index (χ4n) is 4.04. The summed E-state index contributed by atoms with van der Waals surface area (Å²) in [6.45, 7) is 3.96. The molecule has 3 rings (SSSR count). The first-order valence-corrected chi connectivity index (χ1v) is 10.4. The van der Waals surface area contributed by atoms with Crippen LogP contribution in [0.1, 0.15) is 49.9 Å². The van der Waals surface area contributed by atoms with E-state index in [1.165, 1.54) is 31.2 Å². The Bertz CT molecular complexity index is 729. The highest BCUT2D eigenvalue weighted by molar-refractivity contribution is 14.0. The van der Waals surface area contributed by atoms with Crippen LogP contribution in [0.4, 0.5) is 0 Å². The largest absolute Gasteiger partial charge is 0.356 e. The molecule has 0 aliphatic heterocycles. The van der Waals surface area contributed by atoms with Crippen LogP contribution in [0, 0.1) is 0 Å². The lowest BCUT2D eigenvalue weighted by molar-refractivity contribution is 0.297. The maximum Gasteiger partial charge on any atom is 0.191 e. The molecule has 0 saturated heterocycles. The topological polar surface area (TPSA) is 61.3 Å². The number of hydrogen-bond donors (Lipinski definition) is 3. The van der Waals surface area contributed by atoms with Gasteiger partial charge in [0.15, 0.2) is 5.96 Å². The molecule has 1 saturated carbocycles. The standard InChI is InChI=1S/C23H33N5.HI/c1-19(20-10-4-3-5-11-20)28-23(14-7-8-15-23)18-27-22(24-2)26-17-13-21-12-6-9-16-25-21;/h3-6,9-12,16,19,28H,7-8,13-15,17-18H2,1-2H3,(H2,24,26,27);1H. The van der Waals surface area contributed by atoms with E-state index >= 15 is 0 Å². The third-order valence-corrected chi connectivity index (χ3v) is 5.60. The molecule has 1 aromatic heterocycles. The zero-order valence-electron chi connectivity index (χ0n) is 17.5. The van der Waals surface area contributed by atoms with E-state index in [-0.39, 0.29) is 29.5 Å². The molecule has 0 amide bonds. The van der Waals surface area contributed by atoms with E-state index in [0.717, 1.165) is 31.2 Å². The number of nitrogens with one attached hydrogen (secondary N) is 3. The number of nitrogens with zero attached hydrogens (tertiary/aromatic N) is 2. The number of hydrogen-bond acceptors (Lipinski definition) is 3. The van der Waals surface area contributed by atoms with E-state index < -0.39 is 0 Å². The molecule has 1 atom stereocenters. The maximum atomic E-state index is 4.39. The number of aliphatic imine (C=N–C) groups is 1. The maximum absolute atomic E-state index is 4.39. The minimum Gasteiger partial charge on any atom is -0.356 e. The molecule has 2 aromatic rings. The Morgan fingerprint density at radius 2 is 1.79 bits per heavy atom. The number of rotatable bonds is 8. The molecule has 0 radical (unpaired) electrons. The summed E-state index contributed by atoms with van der Waals surface area (Å²) in [7, 11) is 1.83. The fraction of sp³-hybridized carbons (Fsp3) is 0.478. The molecule has 0 spiro atoms. The summed E-state index contributed by atoms with van der Waals surface area (Å²) in [5.74, 6) is 0.858. The van der Waals surface area contributed by atoms with Crippen LogP contribution in [0.2, 0.25) is 0 Å². The van der Waals surface area contributed by atoms with Crippen LogP contribution < -0.4 is 16.0 Å². The molecule has 1 aliphatic carbocycles. The van der Waals surface area contributed by atoms with Gasteiger partial charge in [-0.15, -0.1) is 24.0 Å². The van der Waals surface area contributed by atoms with E-state index in [1.54, 1.807) is 0 Å². The molecule has 1 unspecified atom stereocenters. The van der Waals surface area contributed by atoms with Crippen molar-refractivity contribution in [2.75, 3.05) is 20.1 Å². The molecular weight excluding hydrogens is 473 g/mol. The van der Waals surface area contributed by atoms with E-state index in [4.69, 9.17) is 0 Å². The van der Waals surface area contributed by atoms with Gasteiger partial charge in [-0.3, -0.25) is 9.98 Å². The number of benzene rings is 1. The molecule has 158 valence electrons. The van der Waals surface area contributed by atoms with Gasteiger partial charge in [0.05, 0.1) is 0 Å². The minimum absolute atomic E-state index is 0. The highest BCUT2D eigenvalue weighted by atomic mass is 127. The molecule has 6 heteroatoms. The first kappa shape index (κ1) is 23.6. The zero-order chi connectivity index (χ0) is 19.7. The van der Waals surface area contributed by atoms with Gasteiger partial charge in [0, 0.05) is 50.0 Å². The molecule has 1 aromatic carbocycles. The number of aromatic nitrogens is 1. The Morgan fingerprint density at radius 1 is 1.07 bits per heavy atom. The molecule has 29 heavy (non-hydrogen) atoms. The van der Waals surface area contributed by atoms with Crippen molar-refractivity contribution in [1.29, 1.82) is 0 Å². The van der Waals surface area contributed by atoms with E-state index in [1.807, 2.05) is 25.4 Å². The predicted molar refractivity (Wildman–Crippen MR) is 132 cm³/mol. The molecule has 5 nitrogen and oxygen atoms in total. The quantitative estimate of drug-likeness (QED) is 0.287. The monoisotopic (exact) mass is 507 g/mol. The fourth-order valence-corrected chi connectivity index (χ4v) is 4.04. The predicted octanol–water partition coefficient (Wildman–Crippen LogP) is 4.07. The lowest BCUT2D eigenvalue weighted by Gasteiger charge is -2.35. The lowest BCUT2D eigenvalue weighted by atomic mass is 9.94. The summed E-state index contributed by atoms with van der Waals surface area (Å²) in [5, 5.41) is 10.9. The second kappa shape index (κ2) is 12.1. The van der Waals surface area contributed by atoms with Crippen molar-refractivity contribution < 1.29 is 0 Å². The van der Waals surface area contributed by atoms with Gasteiger partial charge in [0.1, 0.15) is 0 Å². The normalized spacial score (nSPS) is 16.7. The third kappa shape index (κ3) is 7.26. The summed E-state index contributed by atoms with van der Waals surface area (Å²) in [6, 6.07) is 17.1. The van der Waals surface area contributed by atoms with Gasteiger partial charge in [-0.1, -0.05) is 49.2 Å². The minimum atomic E-state index is 0. The van der Waals surface area contributed by atoms with Crippen molar-refractivity contribution in [3.63, 3.8) is 0 Å².